The highest BCUT2D eigenvalue weighted by Gasteiger charge is 2.50. The Balaban J connectivity index is 1.32. The summed E-state index contributed by atoms with van der Waals surface area (Å²) < 4.78 is 0. The van der Waals surface area contributed by atoms with Gasteiger partial charge in [-0.1, -0.05) is 66.2 Å². The van der Waals surface area contributed by atoms with Gasteiger partial charge in [0.15, 0.2) is 0 Å². The average Bonchev–Trinajstić information content (AvgIpc) is 3.36. The van der Waals surface area contributed by atoms with E-state index in [0.29, 0.717) is 23.1 Å². The van der Waals surface area contributed by atoms with E-state index in [4.69, 9.17) is 11.6 Å². The number of aliphatic hydroxyl groups excluding tert-OH is 2. The summed E-state index contributed by atoms with van der Waals surface area (Å²) in [6, 6.07) is 0. The van der Waals surface area contributed by atoms with Gasteiger partial charge in [-0.3, -0.25) is 0 Å². The van der Waals surface area contributed by atoms with Gasteiger partial charge in [0.2, 0.25) is 0 Å². The van der Waals surface area contributed by atoms with E-state index in [2.05, 4.69) is 36.9 Å². The molecule has 222 valence electrons. The van der Waals surface area contributed by atoms with E-state index in [1.165, 1.54) is 83.5 Å². The van der Waals surface area contributed by atoms with Gasteiger partial charge < -0.3 is 10.2 Å². The van der Waals surface area contributed by atoms with Crippen molar-refractivity contribution in [3.05, 3.63) is 0 Å². The molecule has 0 aliphatic heterocycles. The van der Waals surface area contributed by atoms with Crippen molar-refractivity contribution in [2.24, 2.45) is 46.8 Å². The molecule has 0 aromatic rings. The van der Waals surface area contributed by atoms with Gasteiger partial charge in [-0.15, -0.1) is 20.8 Å². The lowest BCUT2D eigenvalue weighted by Crippen LogP contribution is -2.46. The first kappa shape index (κ1) is 31.6. The summed E-state index contributed by atoms with van der Waals surface area (Å²) in [5.41, 5.74) is 0.250. The minimum absolute atomic E-state index is 0.193. The van der Waals surface area contributed by atoms with Gasteiger partial charge in [0, 0.05) is 5.38 Å². The zero-order valence-electron chi connectivity index (χ0n) is 25.4. The summed E-state index contributed by atoms with van der Waals surface area (Å²) >= 11 is 6.48. The molecule has 0 bridgehead atoms. The van der Waals surface area contributed by atoms with Crippen LogP contribution in [0.25, 0.3) is 0 Å². The second-order valence-corrected chi connectivity index (χ2v) is 17.2. The number of hydrogen-bond acceptors (Lipinski definition) is 2. The minimum Gasteiger partial charge on any atom is -0.393 e. The summed E-state index contributed by atoms with van der Waals surface area (Å²) in [6.07, 6.45) is 21.9. The van der Waals surface area contributed by atoms with E-state index in [-0.39, 0.29) is 28.7 Å². The first-order chi connectivity index (χ1) is 18.0. The van der Waals surface area contributed by atoms with Crippen LogP contribution in [0, 0.1) is 46.8 Å². The predicted molar refractivity (Wildman–Crippen MR) is 167 cm³/mol. The summed E-state index contributed by atoms with van der Waals surface area (Å²) in [6.45, 7) is 9.50. The fourth-order valence-electron chi connectivity index (χ4n) is 9.51. The molecule has 38 heavy (non-hydrogen) atoms. The van der Waals surface area contributed by atoms with Crippen LogP contribution in [0.4, 0.5) is 0 Å². The van der Waals surface area contributed by atoms with Crippen molar-refractivity contribution in [2.45, 2.75) is 166 Å². The molecule has 0 aromatic carbocycles. The molecule has 4 heteroatoms. The zero-order valence-corrected chi connectivity index (χ0v) is 27.3. The molecule has 6 atom stereocenters. The Labute approximate surface area is 243 Å². The zero-order chi connectivity index (χ0) is 27.5. The lowest BCUT2D eigenvalue weighted by atomic mass is 9.64. The van der Waals surface area contributed by atoms with E-state index >= 15 is 0 Å². The maximum absolute atomic E-state index is 11.8. The molecule has 0 radical (unpaired) electrons. The topological polar surface area (TPSA) is 40.5 Å². The summed E-state index contributed by atoms with van der Waals surface area (Å²) in [7, 11) is 3.36. The van der Waals surface area contributed by atoms with Crippen LogP contribution in [0.5, 0.6) is 0 Å². The highest BCUT2D eigenvalue weighted by molar-refractivity contribution is 7.19. The molecule has 5 unspecified atom stereocenters. The van der Waals surface area contributed by atoms with Crippen molar-refractivity contribution in [3.63, 3.8) is 0 Å². The largest absolute Gasteiger partial charge is 0.393 e. The highest BCUT2D eigenvalue weighted by atomic mass is 35.5. The molecule has 4 aliphatic carbocycles. The molecule has 0 heterocycles. The van der Waals surface area contributed by atoms with Crippen molar-refractivity contribution in [2.75, 3.05) is 0 Å². The van der Waals surface area contributed by atoms with Crippen LogP contribution >= 0.6 is 20.8 Å². The Morgan fingerprint density at radius 3 is 1.95 bits per heavy atom. The molecule has 4 saturated carbocycles. The van der Waals surface area contributed by atoms with Gasteiger partial charge >= 0.3 is 0 Å². The lowest BCUT2D eigenvalue weighted by molar-refractivity contribution is -0.0218. The second-order valence-electron chi connectivity index (χ2n) is 15.6. The number of alkyl halides is 1. The van der Waals surface area contributed by atoms with Gasteiger partial charge in [0.05, 0.1) is 12.2 Å². The van der Waals surface area contributed by atoms with E-state index in [1.54, 1.807) is 0 Å². The monoisotopic (exact) mass is 568 g/mol. The molecule has 0 aromatic heterocycles. The molecular weight excluding hydrogens is 507 g/mol. The van der Waals surface area contributed by atoms with Gasteiger partial charge in [-0.05, 0) is 129 Å². The van der Waals surface area contributed by atoms with Crippen LogP contribution in [-0.4, -0.2) is 33.0 Å². The predicted octanol–water partition coefficient (Wildman–Crippen LogP) is 9.39. The van der Waals surface area contributed by atoms with Crippen LogP contribution in [0.3, 0.4) is 0 Å². The molecule has 2 N–H and O–H groups in total. The highest BCUT2D eigenvalue weighted by Crippen LogP contribution is 2.57. The summed E-state index contributed by atoms with van der Waals surface area (Å²) in [4.78, 5) is 0. The van der Waals surface area contributed by atoms with Gasteiger partial charge in [0.25, 0.3) is 0 Å². The minimum atomic E-state index is -0.301. The number of halogens is 1. The molecule has 2 nitrogen and oxygen atoms in total. The Kier molecular flexibility index (Phi) is 11.4. The summed E-state index contributed by atoms with van der Waals surface area (Å²) in [5.74, 6) is 3.99. The third-order valence-electron chi connectivity index (χ3n) is 12.6. The molecule has 4 fully saturated rings. The van der Waals surface area contributed by atoms with Crippen molar-refractivity contribution >= 4 is 20.8 Å². The lowest BCUT2D eigenvalue weighted by Gasteiger charge is -2.50. The Morgan fingerprint density at radius 2 is 1.34 bits per heavy atom. The molecule has 0 amide bonds. The van der Waals surface area contributed by atoms with Crippen molar-refractivity contribution in [3.8, 4) is 0 Å². The fraction of sp³-hybridized carbons (Fsp3) is 1.00. The first-order valence-corrected chi connectivity index (χ1v) is 17.8. The van der Waals surface area contributed by atoms with Crippen molar-refractivity contribution < 1.29 is 10.2 Å². The van der Waals surface area contributed by atoms with Crippen LogP contribution in [0.2, 0.25) is 0 Å². The third kappa shape index (κ3) is 7.53. The Morgan fingerprint density at radius 1 is 0.763 bits per heavy atom. The maximum atomic E-state index is 11.8. The molecule has 4 aliphatic rings. The molecule has 0 saturated heterocycles. The van der Waals surface area contributed by atoms with Gasteiger partial charge in [0.1, 0.15) is 0 Å². The Bertz CT molecular complexity index is 705. The maximum Gasteiger partial charge on any atom is 0.0599 e. The van der Waals surface area contributed by atoms with Crippen molar-refractivity contribution in [1.29, 1.82) is 0 Å². The van der Waals surface area contributed by atoms with E-state index in [0.717, 1.165) is 49.9 Å². The first-order valence-electron chi connectivity index (χ1n) is 16.8. The van der Waals surface area contributed by atoms with Crippen LogP contribution in [-0.2, 0) is 0 Å². The molecule has 0 spiro atoms. The third-order valence-corrected chi connectivity index (χ3v) is 14.6. The number of rotatable bonds is 9. The average molecular weight is 569 g/mol. The smallest absolute Gasteiger partial charge is 0.0599 e. The van der Waals surface area contributed by atoms with Gasteiger partial charge in [-0.2, -0.15) is 0 Å². The van der Waals surface area contributed by atoms with Crippen LogP contribution in [0.1, 0.15) is 143 Å². The van der Waals surface area contributed by atoms with Crippen molar-refractivity contribution in [1.82, 2.24) is 0 Å². The Hall–Kier alpha value is 0.640. The SMILES string of the molecule is CC(C)[C@@H](CC(O)C1CCC(CC2CCCC2)CC1)C(O)C1CCC(C)(C)C(P)(C2CCC(Cl)CC2)CC1. The molecule has 4 rings (SSSR count). The number of aliphatic hydroxyl groups is 2. The summed E-state index contributed by atoms with van der Waals surface area (Å²) in [5, 5.41) is 23.8. The van der Waals surface area contributed by atoms with E-state index in [1.807, 2.05) is 0 Å². The standard InChI is InChI=1S/C34H62ClO2P/c1-23(2)30(22-31(36)26-11-9-25(10-12-26)21-24-7-5-6-8-24)32(37)27-17-19-33(3,4)34(38,20-18-27)28-13-15-29(35)16-14-28/h23-32,36-37H,5-22,38H2,1-4H3/t25?,26?,27?,28?,29?,30-,31?,32?,34?/m1/s1. The van der Waals surface area contributed by atoms with E-state index in [9.17, 15) is 10.2 Å². The quantitative estimate of drug-likeness (QED) is 0.165. The fourth-order valence-corrected chi connectivity index (χ4v) is 10.4. The number of hydrogen-bond donors (Lipinski definition) is 2. The molecular formula is C34H62ClO2P. The second kappa shape index (κ2) is 13.7. The van der Waals surface area contributed by atoms with Crippen LogP contribution in [0.15, 0.2) is 0 Å². The van der Waals surface area contributed by atoms with Gasteiger partial charge in [-0.25, -0.2) is 0 Å². The van der Waals surface area contributed by atoms with E-state index < -0.39 is 0 Å². The van der Waals surface area contributed by atoms with Crippen LogP contribution < -0.4 is 0 Å². The normalized spacial score (nSPS) is 39.6.